The van der Waals surface area contributed by atoms with Gasteiger partial charge in [0.15, 0.2) is 0 Å². The van der Waals surface area contributed by atoms with Gasteiger partial charge in [0.25, 0.3) is 11.5 Å². The third-order valence-electron chi connectivity index (χ3n) is 5.58. The zero-order chi connectivity index (χ0) is 21.4. The van der Waals surface area contributed by atoms with Gasteiger partial charge in [0.2, 0.25) is 5.65 Å². The number of imidazole rings is 1. The minimum absolute atomic E-state index is 0.151. The highest BCUT2D eigenvalue weighted by Crippen LogP contribution is 2.22. The minimum Gasteiger partial charge on any atom is -0.335 e. The summed E-state index contributed by atoms with van der Waals surface area (Å²) < 4.78 is 16.6. The number of hydrogen-bond acceptors (Lipinski definition) is 3. The summed E-state index contributed by atoms with van der Waals surface area (Å²) in [6.45, 7) is 7.03. The van der Waals surface area contributed by atoms with Crippen LogP contribution in [0.1, 0.15) is 44.1 Å². The zero-order valence-electron chi connectivity index (χ0n) is 17.4. The van der Waals surface area contributed by atoms with Gasteiger partial charge in [-0.05, 0) is 63.4 Å². The molecule has 0 spiro atoms. The summed E-state index contributed by atoms with van der Waals surface area (Å²) in [5, 5.41) is 0. The fraction of sp³-hybridized carbons (Fsp3) is 0.348. The number of rotatable bonds is 4. The SMILES string of the molecule is CC(C)=CCn1c(-c2ccc(F)cc2)cn2cc(C(=O)N3CCC[C@@H]3C)nc2c1=O. The Labute approximate surface area is 174 Å². The minimum atomic E-state index is -0.340. The molecule has 6 nitrogen and oxygen atoms in total. The molecule has 4 rings (SSSR count). The molecule has 156 valence electrons. The Bertz CT molecular complexity index is 1190. The average molecular weight is 408 g/mol. The molecule has 1 amide bonds. The molecule has 0 saturated carbocycles. The van der Waals surface area contributed by atoms with Gasteiger partial charge in [0.1, 0.15) is 11.5 Å². The molecule has 1 aromatic carbocycles. The van der Waals surface area contributed by atoms with E-state index in [1.54, 1.807) is 33.5 Å². The summed E-state index contributed by atoms with van der Waals surface area (Å²) in [6, 6.07) is 6.19. The molecule has 1 fully saturated rings. The van der Waals surface area contributed by atoms with Gasteiger partial charge in [-0.15, -0.1) is 0 Å². The summed E-state index contributed by atoms with van der Waals surface area (Å²) in [4.78, 5) is 32.4. The molecule has 0 bridgehead atoms. The number of amides is 1. The average Bonchev–Trinajstić information content (AvgIpc) is 3.33. The van der Waals surface area contributed by atoms with E-state index in [0.29, 0.717) is 24.3 Å². The number of allylic oxidation sites excluding steroid dienone is 2. The lowest BCUT2D eigenvalue weighted by Gasteiger charge is -2.19. The number of carbonyl (C=O) groups is 1. The molecule has 0 aliphatic carbocycles. The van der Waals surface area contributed by atoms with Gasteiger partial charge in [0.05, 0.1) is 5.69 Å². The highest BCUT2D eigenvalue weighted by atomic mass is 19.1. The maximum Gasteiger partial charge on any atom is 0.295 e. The van der Waals surface area contributed by atoms with E-state index in [2.05, 4.69) is 4.98 Å². The molecule has 0 N–H and O–H groups in total. The van der Waals surface area contributed by atoms with E-state index < -0.39 is 0 Å². The predicted octanol–water partition coefficient (Wildman–Crippen LogP) is 3.89. The van der Waals surface area contributed by atoms with Gasteiger partial charge in [-0.1, -0.05) is 11.6 Å². The lowest BCUT2D eigenvalue weighted by molar-refractivity contribution is 0.0742. The van der Waals surface area contributed by atoms with E-state index in [1.807, 2.05) is 31.7 Å². The number of benzene rings is 1. The van der Waals surface area contributed by atoms with Crippen molar-refractivity contribution in [2.75, 3.05) is 6.54 Å². The Morgan fingerprint density at radius 2 is 1.97 bits per heavy atom. The Hall–Kier alpha value is -3.22. The standard InChI is InChI=1S/C23H25FN4O2/c1-15(2)10-12-28-20(17-6-8-18(24)9-7-17)14-26-13-19(25-21(26)23(28)30)22(29)27-11-4-5-16(27)3/h6-10,13-14,16H,4-5,11-12H2,1-3H3/t16-/m0/s1. The van der Waals surface area contributed by atoms with Crippen molar-refractivity contribution < 1.29 is 9.18 Å². The van der Waals surface area contributed by atoms with Crippen molar-refractivity contribution in [1.29, 1.82) is 0 Å². The fourth-order valence-corrected chi connectivity index (χ4v) is 3.87. The van der Waals surface area contributed by atoms with Crippen molar-refractivity contribution >= 4 is 11.6 Å². The second kappa shape index (κ2) is 7.89. The molecule has 3 heterocycles. The van der Waals surface area contributed by atoms with Crippen LogP contribution in [-0.4, -0.2) is 37.3 Å². The first kappa shape index (κ1) is 20.1. The molecule has 7 heteroatoms. The molecule has 2 aromatic heterocycles. The van der Waals surface area contributed by atoms with Gasteiger partial charge < -0.3 is 4.90 Å². The maximum atomic E-state index is 13.4. The lowest BCUT2D eigenvalue weighted by Crippen LogP contribution is -2.33. The Morgan fingerprint density at radius 3 is 2.60 bits per heavy atom. The molecule has 0 unspecified atom stereocenters. The van der Waals surface area contributed by atoms with Gasteiger partial charge in [0, 0.05) is 31.5 Å². The van der Waals surface area contributed by atoms with Crippen molar-refractivity contribution in [3.8, 4) is 11.3 Å². The molecule has 30 heavy (non-hydrogen) atoms. The Balaban J connectivity index is 1.86. The number of halogens is 1. The Kier molecular flexibility index (Phi) is 5.28. The van der Waals surface area contributed by atoms with Crippen LogP contribution in [0.25, 0.3) is 16.9 Å². The number of fused-ring (bicyclic) bond motifs is 1. The van der Waals surface area contributed by atoms with Crippen LogP contribution in [0.5, 0.6) is 0 Å². The number of likely N-dealkylation sites (tertiary alicyclic amines) is 1. The molecule has 1 atom stereocenters. The fourth-order valence-electron chi connectivity index (χ4n) is 3.87. The van der Waals surface area contributed by atoms with Gasteiger partial charge >= 0.3 is 0 Å². The third kappa shape index (κ3) is 3.67. The third-order valence-corrected chi connectivity index (χ3v) is 5.58. The van der Waals surface area contributed by atoms with Crippen LogP contribution in [0.3, 0.4) is 0 Å². The quantitative estimate of drug-likeness (QED) is 0.616. The van der Waals surface area contributed by atoms with E-state index >= 15 is 0 Å². The highest BCUT2D eigenvalue weighted by molar-refractivity contribution is 5.93. The number of nitrogens with zero attached hydrogens (tertiary/aromatic N) is 4. The summed E-state index contributed by atoms with van der Waals surface area (Å²) in [5.41, 5.74) is 2.62. The smallest absolute Gasteiger partial charge is 0.295 e. The van der Waals surface area contributed by atoms with Crippen LogP contribution in [0.2, 0.25) is 0 Å². The summed E-state index contributed by atoms with van der Waals surface area (Å²) in [6.07, 6.45) is 7.29. The van der Waals surface area contributed by atoms with E-state index in [-0.39, 0.29) is 34.7 Å². The first-order valence-corrected chi connectivity index (χ1v) is 10.2. The van der Waals surface area contributed by atoms with Crippen molar-refractivity contribution in [1.82, 2.24) is 18.9 Å². The summed E-state index contributed by atoms with van der Waals surface area (Å²) in [5.74, 6) is -0.490. The number of hydrogen-bond donors (Lipinski definition) is 0. The zero-order valence-corrected chi connectivity index (χ0v) is 17.4. The van der Waals surface area contributed by atoms with Crippen LogP contribution >= 0.6 is 0 Å². The molecule has 3 aromatic rings. The van der Waals surface area contributed by atoms with E-state index in [1.165, 1.54) is 12.1 Å². The van der Waals surface area contributed by atoms with Crippen molar-refractivity contribution in [3.05, 3.63) is 70.2 Å². The lowest BCUT2D eigenvalue weighted by atomic mass is 10.1. The van der Waals surface area contributed by atoms with Crippen LogP contribution in [0, 0.1) is 5.82 Å². The van der Waals surface area contributed by atoms with Crippen LogP contribution in [0.15, 0.2) is 53.1 Å². The van der Waals surface area contributed by atoms with E-state index in [0.717, 1.165) is 18.4 Å². The van der Waals surface area contributed by atoms with Gasteiger partial charge in [-0.3, -0.25) is 18.6 Å². The monoisotopic (exact) mass is 408 g/mol. The molecule has 1 saturated heterocycles. The number of aromatic nitrogens is 3. The maximum absolute atomic E-state index is 13.4. The van der Waals surface area contributed by atoms with Crippen molar-refractivity contribution in [2.45, 2.75) is 46.2 Å². The first-order chi connectivity index (χ1) is 14.3. The second-order valence-electron chi connectivity index (χ2n) is 8.07. The van der Waals surface area contributed by atoms with Crippen molar-refractivity contribution in [3.63, 3.8) is 0 Å². The summed E-state index contributed by atoms with van der Waals surface area (Å²) >= 11 is 0. The normalized spacial score (nSPS) is 16.3. The van der Waals surface area contributed by atoms with Crippen LogP contribution in [-0.2, 0) is 6.54 Å². The Morgan fingerprint density at radius 1 is 1.23 bits per heavy atom. The van der Waals surface area contributed by atoms with Gasteiger partial charge in [-0.2, -0.15) is 0 Å². The van der Waals surface area contributed by atoms with E-state index in [4.69, 9.17) is 0 Å². The molecular weight excluding hydrogens is 383 g/mol. The molecule has 1 aliphatic rings. The second-order valence-corrected chi connectivity index (χ2v) is 8.07. The highest BCUT2D eigenvalue weighted by Gasteiger charge is 2.28. The molecule has 0 radical (unpaired) electrons. The van der Waals surface area contributed by atoms with Crippen molar-refractivity contribution in [2.24, 2.45) is 0 Å². The summed E-state index contributed by atoms with van der Waals surface area (Å²) in [7, 11) is 0. The first-order valence-electron chi connectivity index (χ1n) is 10.2. The van der Waals surface area contributed by atoms with Crippen LogP contribution in [0.4, 0.5) is 4.39 Å². The van der Waals surface area contributed by atoms with E-state index in [9.17, 15) is 14.0 Å². The predicted molar refractivity (Wildman–Crippen MR) is 114 cm³/mol. The van der Waals surface area contributed by atoms with Crippen LogP contribution < -0.4 is 5.56 Å². The molecular formula is C23H25FN4O2. The largest absolute Gasteiger partial charge is 0.335 e. The topological polar surface area (TPSA) is 59.6 Å². The molecule has 1 aliphatic heterocycles. The number of carbonyl (C=O) groups excluding carboxylic acids is 1. The van der Waals surface area contributed by atoms with Gasteiger partial charge in [-0.25, -0.2) is 9.37 Å².